The third kappa shape index (κ3) is 7.61. The van der Waals surface area contributed by atoms with Crippen molar-refractivity contribution < 1.29 is 18.0 Å². The standard InChI is InChI=1S/C24H31Cl2N3O4S/c1-16-9-7-8-10-21(16)29(34(6,32)33)15-22(30)28(17(2)23(31)27-24(3,4)5)14-18-11-12-19(25)20(26)13-18/h7-13,17H,14-15H2,1-6H3,(H,27,31). The summed E-state index contributed by atoms with van der Waals surface area (Å²) < 4.78 is 26.3. The summed E-state index contributed by atoms with van der Waals surface area (Å²) in [4.78, 5) is 27.8. The first-order valence-electron chi connectivity index (χ1n) is 10.7. The Morgan fingerprint density at radius 3 is 2.21 bits per heavy atom. The molecule has 186 valence electrons. The number of sulfonamides is 1. The number of carbonyl (C=O) groups is 2. The number of anilines is 1. The normalized spacial score (nSPS) is 12.7. The van der Waals surface area contributed by atoms with Gasteiger partial charge in [0.2, 0.25) is 21.8 Å². The van der Waals surface area contributed by atoms with E-state index >= 15 is 0 Å². The van der Waals surface area contributed by atoms with Crippen LogP contribution in [0.2, 0.25) is 10.0 Å². The Balaban J connectivity index is 2.44. The number of halogens is 2. The van der Waals surface area contributed by atoms with E-state index in [0.29, 0.717) is 26.9 Å². The highest BCUT2D eigenvalue weighted by Gasteiger charge is 2.31. The molecule has 1 N–H and O–H groups in total. The minimum Gasteiger partial charge on any atom is -0.350 e. The molecule has 10 heteroatoms. The summed E-state index contributed by atoms with van der Waals surface area (Å²) in [7, 11) is -3.78. The Labute approximate surface area is 212 Å². The van der Waals surface area contributed by atoms with Crippen molar-refractivity contribution in [2.75, 3.05) is 17.1 Å². The average Bonchev–Trinajstić information content (AvgIpc) is 2.70. The third-order valence-corrected chi connectivity index (χ3v) is 6.93. The summed E-state index contributed by atoms with van der Waals surface area (Å²) in [6.45, 7) is 8.48. The van der Waals surface area contributed by atoms with E-state index in [1.165, 1.54) is 4.90 Å². The van der Waals surface area contributed by atoms with Gasteiger partial charge in [0, 0.05) is 12.1 Å². The highest BCUT2D eigenvalue weighted by molar-refractivity contribution is 7.92. The highest BCUT2D eigenvalue weighted by atomic mass is 35.5. The number of nitrogens with zero attached hydrogens (tertiary/aromatic N) is 2. The molecular weight excluding hydrogens is 497 g/mol. The zero-order valence-electron chi connectivity index (χ0n) is 20.2. The van der Waals surface area contributed by atoms with Crippen molar-refractivity contribution >= 4 is 50.7 Å². The molecule has 0 bridgehead atoms. The molecule has 34 heavy (non-hydrogen) atoms. The molecule has 0 aliphatic heterocycles. The van der Waals surface area contributed by atoms with Crippen LogP contribution in [-0.2, 0) is 26.2 Å². The largest absolute Gasteiger partial charge is 0.350 e. The van der Waals surface area contributed by atoms with Gasteiger partial charge in [-0.1, -0.05) is 47.5 Å². The summed E-state index contributed by atoms with van der Waals surface area (Å²) in [6, 6.07) is 11.0. The van der Waals surface area contributed by atoms with E-state index in [-0.39, 0.29) is 12.5 Å². The second-order valence-electron chi connectivity index (χ2n) is 9.24. The van der Waals surface area contributed by atoms with Crippen molar-refractivity contribution in [1.29, 1.82) is 0 Å². The fourth-order valence-electron chi connectivity index (χ4n) is 3.33. The SMILES string of the molecule is Cc1ccccc1N(CC(=O)N(Cc1ccc(Cl)c(Cl)c1)C(C)C(=O)NC(C)(C)C)S(C)(=O)=O. The zero-order valence-corrected chi connectivity index (χ0v) is 22.6. The number of hydrogen-bond acceptors (Lipinski definition) is 4. The van der Waals surface area contributed by atoms with Crippen LogP contribution in [0.4, 0.5) is 5.69 Å². The first kappa shape index (κ1) is 28.0. The van der Waals surface area contributed by atoms with Gasteiger partial charge in [-0.2, -0.15) is 0 Å². The quantitative estimate of drug-likeness (QED) is 0.551. The van der Waals surface area contributed by atoms with Gasteiger partial charge in [0.1, 0.15) is 12.6 Å². The average molecular weight is 529 g/mol. The maximum absolute atomic E-state index is 13.5. The number of aryl methyl sites for hydroxylation is 1. The number of nitrogens with one attached hydrogen (secondary N) is 1. The lowest BCUT2D eigenvalue weighted by molar-refractivity contribution is -0.140. The van der Waals surface area contributed by atoms with E-state index in [1.807, 2.05) is 20.8 Å². The van der Waals surface area contributed by atoms with Crippen LogP contribution in [0.5, 0.6) is 0 Å². The maximum Gasteiger partial charge on any atom is 0.244 e. The zero-order chi connectivity index (χ0) is 25.8. The van der Waals surface area contributed by atoms with Crippen molar-refractivity contribution in [2.45, 2.75) is 52.7 Å². The molecule has 2 aromatic rings. The minimum absolute atomic E-state index is 0.0415. The van der Waals surface area contributed by atoms with Gasteiger partial charge >= 0.3 is 0 Å². The van der Waals surface area contributed by atoms with Crippen LogP contribution in [0.25, 0.3) is 0 Å². The Morgan fingerprint density at radius 1 is 1.06 bits per heavy atom. The van der Waals surface area contributed by atoms with Gasteiger partial charge in [-0.15, -0.1) is 0 Å². The van der Waals surface area contributed by atoms with E-state index in [9.17, 15) is 18.0 Å². The minimum atomic E-state index is -3.78. The molecule has 0 aromatic heterocycles. The van der Waals surface area contributed by atoms with E-state index in [2.05, 4.69) is 5.32 Å². The Hall–Kier alpha value is -2.29. The molecule has 0 aliphatic rings. The number of para-hydroxylation sites is 1. The summed E-state index contributed by atoms with van der Waals surface area (Å²) in [6.07, 6.45) is 1.05. The van der Waals surface area contributed by atoms with Gasteiger partial charge in [0.25, 0.3) is 0 Å². The van der Waals surface area contributed by atoms with Crippen molar-refractivity contribution in [3.05, 3.63) is 63.6 Å². The molecule has 1 atom stereocenters. The molecule has 0 radical (unpaired) electrons. The fraction of sp³-hybridized carbons (Fsp3) is 0.417. The van der Waals surface area contributed by atoms with Crippen LogP contribution < -0.4 is 9.62 Å². The molecule has 0 spiro atoms. The van der Waals surface area contributed by atoms with Gasteiger partial charge in [-0.3, -0.25) is 13.9 Å². The Morgan fingerprint density at radius 2 is 1.68 bits per heavy atom. The Kier molecular flexibility index (Phi) is 9.02. The number of amides is 2. The van der Waals surface area contributed by atoms with E-state index in [1.54, 1.807) is 56.3 Å². The predicted octanol–water partition coefficient (Wildman–Crippen LogP) is 4.40. The molecule has 0 fully saturated rings. The molecule has 0 heterocycles. The van der Waals surface area contributed by atoms with Crippen LogP contribution >= 0.6 is 23.2 Å². The summed E-state index contributed by atoms with van der Waals surface area (Å²) in [5.41, 5.74) is 1.25. The topological polar surface area (TPSA) is 86.8 Å². The van der Waals surface area contributed by atoms with Gasteiger partial charge in [0.15, 0.2) is 0 Å². The predicted molar refractivity (Wildman–Crippen MR) is 138 cm³/mol. The van der Waals surface area contributed by atoms with Crippen LogP contribution in [0.3, 0.4) is 0 Å². The van der Waals surface area contributed by atoms with Crippen LogP contribution in [-0.4, -0.2) is 49.5 Å². The summed E-state index contributed by atoms with van der Waals surface area (Å²) in [5, 5.41) is 3.55. The second-order valence-corrected chi connectivity index (χ2v) is 12.0. The third-order valence-electron chi connectivity index (χ3n) is 5.07. The van der Waals surface area contributed by atoms with Gasteiger partial charge in [-0.25, -0.2) is 8.42 Å². The molecule has 1 unspecified atom stereocenters. The molecular formula is C24H31Cl2N3O4S. The van der Waals surface area contributed by atoms with Crippen LogP contribution in [0.15, 0.2) is 42.5 Å². The van der Waals surface area contributed by atoms with Crippen molar-refractivity contribution in [3.8, 4) is 0 Å². The molecule has 7 nitrogen and oxygen atoms in total. The van der Waals surface area contributed by atoms with Crippen molar-refractivity contribution in [1.82, 2.24) is 10.2 Å². The molecule has 0 aliphatic carbocycles. The monoisotopic (exact) mass is 527 g/mol. The van der Waals surface area contributed by atoms with Gasteiger partial charge in [-0.05, 0) is 63.9 Å². The van der Waals surface area contributed by atoms with E-state index in [4.69, 9.17) is 23.2 Å². The lowest BCUT2D eigenvalue weighted by Gasteiger charge is -2.33. The van der Waals surface area contributed by atoms with E-state index < -0.39 is 34.1 Å². The van der Waals surface area contributed by atoms with E-state index in [0.717, 1.165) is 10.6 Å². The smallest absolute Gasteiger partial charge is 0.244 e. The number of carbonyl (C=O) groups excluding carboxylic acids is 2. The van der Waals surface area contributed by atoms with Crippen molar-refractivity contribution in [3.63, 3.8) is 0 Å². The summed E-state index contributed by atoms with van der Waals surface area (Å²) in [5.74, 6) is -0.890. The number of rotatable bonds is 8. The molecule has 0 saturated carbocycles. The van der Waals surface area contributed by atoms with Gasteiger partial charge < -0.3 is 10.2 Å². The lowest BCUT2D eigenvalue weighted by atomic mass is 10.1. The molecule has 2 aromatic carbocycles. The molecule has 2 amide bonds. The van der Waals surface area contributed by atoms with Crippen molar-refractivity contribution in [2.24, 2.45) is 0 Å². The fourth-order valence-corrected chi connectivity index (χ4v) is 4.56. The number of hydrogen-bond donors (Lipinski definition) is 1. The Bertz CT molecular complexity index is 1160. The summed E-state index contributed by atoms with van der Waals surface area (Å²) >= 11 is 12.2. The van der Waals surface area contributed by atoms with Crippen LogP contribution in [0.1, 0.15) is 38.8 Å². The maximum atomic E-state index is 13.5. The molecule has 0 saturated heterocycles. The number of benzene rings is 2. The lowest BCUT2D eigenvalue weighted by Crippen LogP contribution is -2.54. The molecule has 2 rings (SSSR count). The van der Waals surface area contributed by atoms with Crippen LogP contribution in [0, 0.1) is 6.92 Å². The first-order chi connectivity index (χ1) is 15.6. The highest BCUT2D eigenvalue weighted by Crippen LogP contribution is 2.25. The first-order valence-corrected chi connectivity index (χ1v) is 13.3. The van der Waals surface area contributed by atoms with Gasteiger partial charge in [0.05, 0.1) is 22.0 Å². The second kappa shape index (κ2) is 11.0.